The van der Waals surface area contributed by atoms with Gasteiger partial charge in [-0.2, -0.15) is 0 Å². The van der Waals surface area contributed by atoms with Gasteiger partial charge >= 0.3 is 0 Å². The predicted octanol–water partition coefficient (Wildman–Crippen LogP) is 1.53. The molecule has 94 valence electrons. The molecule has 0 aliphatic carbocycles. The minimum Gasteiger partial charge on any atom is -0.307 e. The summed E-state index contributed by atoms with van der Waals surface area (Å²) in [5.41, 5.74) is 3.50. The molecule has 2 heterocycles. The van der Waals surface area contributed by atoms with Crippen LogP contribution in [0.4, 0.5) is 5.82 Å². The topological polar surface area (TPSA) is 67.1 Å². The Kier molecular flexibility index (Phi) is 3.91. The minimum atomic E-state index is 0.607. The molecule has 0 aromatic carbocycles. The van der Waals surface area contributed by atoms with Crippen molar-refractivity contribution in [3.8, 4) is 0 Å². The van der Waals surface area contributed by atoms with Crippen molar-refractivity contribution in [2.24, 2.45) is 5.84 Å². The molecule has 5 nitrogen and oxygen atoms in total. The number of nitrogen functional groups attached to an aromatic ring is 1. The Morgan fingerprint density at radius 3 is 2.82 bits per heavy atom. The first-order chi connectivity index (χ1) is 8.24. The number of anilines is 1. The highest BCUT2D eigenvalue weighted by Crippen LogP contribution is 2.27. The van der Waals surface area contributed by atoms with E-state index in [0.717, 1.165) is 12.2 Å². The van der Waals surface area contributed by atoms with Gasteiger partial charge in [-0.05, 0) is 26.2 Å². The summed E-state index contributed by atoms with van der Waals surface area (Å²) in [7, 11) is 0. The highest BCUT2D eigenvalue weighted by molar-refractivity contribution is 5.28. The van der Waals surface area contributed by atoms with Crippen LogP contribution in [0.1, 0.15) is 38.8 Å². The molecule has 1 fully saturated rings. The van der Waals surface area contributed by atoms with Crippen molar-refractivity contribution in [3.05, 3.63) is 18.1 Å². The normalized spacial score (nSPS) is 25.1. The maximum Gasteiger partial charge on any atom is 0.158 e. The molecule has 0 saturated carbocycles. The Morgan fingerprint density at radius 1 is 1.41 bits per heavy atom. The Labute approximate surface area is 102 Å². The third-order valence-electron chi connectivity index (χ3n) is 3.62. The SMILES string of the molecule is CCC1CCC(C)N1Cc1cnc(NN)cn1. The van der Waals surface area contributed by atoms with E-state index in [9.17, 15) is 0 Å². The van der Waals surface area contributed by atoms with Gasteiger partial charge in [0, 0.05) is 18.6 Å². The number of hydrogen-bond donors (Lipinski definition) is 2. The molecule has 1 aromatic heterocycles. The first-order valence-electron chi connectivity index (χ1n) is 6.28. The van der Waals surface area contributed by atoms with Crippen LogP contribution in [0.5, 0.6) is 0 Å². The van der Waals surface area contributed by atoms with E-state index in [0.29, 0.717) is 17.9 Å². The number of hydrazine groups is 1. The first-order valence-corrected chi connectivity index (χ1v) is 6.28. The number of nitrogens with zero attached hydrogens (tertiary/aromatic N) is 3. The van der Waals surface area contributed by atoms with Crippen molar-refractivity contribution in [2.75, 3.05) is 5.43 Å². The predicted molar refractivity (Wildman–Crippen MR) is 68.2 cm³/mol. The Hall–Kier alpha value is -1.20. The lowest BCUT2D eigenvalue weighted by Crippen LogP contribution is -2.33. The standard InChI is InChI=1S/C12H21N5/c1-3-11-5-4-9(2)17(11)8-10-6-15-12(16-13)7-14-10/h6-7,9,11H,3-5,8,13H2,1-2H3,(H,15,16). The van der Waals surface area contributed by atoms with Crippen molar-refractivity contribution in [1.29, 1.82) is 0 Å². The van der Waals surface area contributed by atoms with Crippen molar-refractivity contribution in [1.82, 2.24) is 14.9 Å². The molecule has 1 saturated heterocycles. The van der Waals surface area contributed by atoms with Gasteiger partial charge in [-0.25, -0.2) is 10.8 Å². The molecule has 17 heavy (non-hydrogen) atoms. The lowest BCUT2D eigenvalue weighted by molar-refractivity contribution is 0.187. The van der Waals surface area contributed by atoms with Gasteiger partial charge in [0.2, 0.25) is 0 Å². The van der Waals surface area contributed by atoms with Crippen molar-refractivity contribution in [3.63, 3.8) is 0 Å². The molecule has 2 unspecified atom stereocenters. The second-order valence-electron chi connectivity index (χ2n) is 4.70. The number of nitrogens with one attached hydrogen (secondary N) is 1. The highest BCUT2D eigenvalue weighted by atomic mass is 15.3. The zero-order chi connectivity index (χ0) is 12.3. The fourth-order valence-corrected chi connectivity index (χ4v) is 2.55. The smallest absolute Gasteiger partial charge is 0.158 e. The molecular formula is C12H21N5. The van der Waals surface area contributed by atoms with E-state index in [1.807, 2.05) is 0 Å². The van der Waals surface area contributed by atoms with Gasteiger partial charge in [-0.15, -0.1) is 0 Å². The van der Waals surface area contributed by atoms with E-state index < -0.39 is 0 Å². The summed E-state index contributed by atoms with van der Waals surface area (Å²) in [6.07, 6.45) is 7.27. The number of hydrogen-bond acceptors (Lipinski definition) is 5. The van der Waals surface area contributed by atoms with Crippen molar-refractivity contribution in [2.45, 2.75) is 51.7 Å². The van der Waals surface area contributed by atoms with Crippen LogP contribution in [0.3, 0.4) is 0 Å². The quantitative estimate of drug-likeness (QED) is 0.612. The number of aromatic nitrogens is 2. The molecule has 2 atom stereocenters. The van der Waals surface area contributed by atoms with Gasteiger partial charge in [-0.1, -0.05) is 6.92 Å². The Bertz CT molecular complexity index is 350. The molecule has 0 bridgehead atoms. The summed E-state index contributed by atoms with van der Waals surface area (Å²) in [6.45, 7) is 5.43. The average molecular weight is 235 g/mol. The van der Waals surface area contributed by atoms with Crippen LogP contribution >= 0.6 is 0 Å². The van der Waals surface area contributed by atoms with Crippen LogP contribution in [-0.2, 0) is 6.54 Å². The van der Waals surface area contributed by atoms with Gasteiger partial charge in [0.15, 0.2) is 5.82 Å². The van der Waals surface area contributed by atoms with Crippen molar-refractivity contribution < 1.29 is 0 Å². The largest absolute Gasteiger partial charge is 0.307 e. The first kappa shape index (κ1) is 12.3. The number of nitrogens with two attached hydrogens (primary N) is 1. The second kappa shape index (κ2) is 5.42. The van der Waals surface area contributed by atoms with E-state index in [2.05, 4.69) is 34.1 Å². The zero-order valence-electron chi connectivity index (χ0n) is 10.6. The monoisotopic (exact) mass is 235 g/mol. The third-order valence-corrected chi connectivity index (χ3v) is 3.62. The van der Waals surface area contributed by atoms with E-state index in [1.54, 1.807) is 12.4 Å². The molecule has 1 aromatic rings. The van der Waals surface area contributed by atoms with Crippen molar-refractivity contribution >= 4 is 5.82 Å². The maximum absolute atomic E-state index is 5.27. The van der Waals surface area contributed by atoms with Gasteiger partial charge in [0.05, 0.1) is 18.1 Å². The Balaban J connectivity index is 2.03. The lowest BCUT2D eigenvalue weighted by Gasteiger charge is -2.27. The molecule has 0 amide bonds. The number of rotatable bonds is 4. The summed E-state index contributed by atoms with van der Waals surface area (Å²) in [5.74, 6) is 5.87. The van der Waals surface area contributed by atoms with Crippen LogP contribution in [0.15, 0.2) is 12.4 Å². The molecule has 0 radical (unpaired) electrons. The van der Waals surface area contributed by atoms with Gasteiger partial charge in [0.25, 0.3) is 0 Å². The maximum atomic E-state index is 5.27. The van der Waals surface area contributed by atoms with E-state index in [1.165, 1.54) is 19.3 Å². The van der Waals surface area contributed by atoms with E-state index in [4.69, 9.17) is 5.84 Å². The van der Waals surface area contributed by atoms with Gasteiger partial charge in [-0.3, -0.25) is 9.88 Å². The minimum absolute atomic E-state index is 0.607. The Morgan fingerprint density at radius 2 is 2.24 bits per heavy atom. The van der Waals surface area contributed by atoms with Crippen LogP contribution in [-0.4, -0.2) is 27.0 Å². The van der Waals surface area contributed by atoms with Gasteiger partial charge < -0.3 is 5.43 Å². The summed E-state index contributed by atoms with van der Waals surface area (Å²) in [6, 6.07) is 1.34. The van der Waals surface area contributed by atoms with E-state index >= 15 is 0 Å². The summed E-state index contributed by atoms with van der Waals surface area (Å²) >= 11 is 0. The molecule has 1 aliphatic heterocycles. The van der Waals surface area contributed by atoms with Crippen LogP contribution in [0.2, 0.25) is 0 Å². The van der Waals surface area contributed by atoms with Crippen LogP contribution in [0.25, 0.3) is 0 Å². The summed E-state index contributed by atoms with van der Waals surface area (Å²) in [5, 5.41) is 0. The molecule has 3 N–H and O–H groups in total. The fourth-order valence-electron chi connectivity index (χ4n) is 2.55. The van der Waals surface area contributed by atoms with Gasteiger partial charge in [0.1, 0.15) is 0 Å². The summed E-state index contributed by atoms with van der Waals surface area (Å²) < 4.78 is 0. The lowest BCUT2D eigenvalue weighted by atomic mass is 10.1. The fraction of sp³-hybridized carbons (Fsp3) is 0.667. The molecule has 0 spiro atoms. The summed E-state index contributed by atoms with van der Waals surface area (Å²) in [4.78, 5) is 11.1. The number of likely N-dealkylation sites (tertiary alicyclic amines) is 1. The van der Waals surface area contributed by atoms with E-state index in [-0.39, 0.29) is 0 Å². The molecular weight excluding hydrogens is 214 g/mol. The molecule has 2 rings (SSSR count). The second-order valence-corrected chi connectivity index (χ2v) is 4.70. The average Bonchev–Trinajstić information content (AvgIpc) is 2.71. The highest BCUT2D eigenvalue weighted by Gasteiger charge is 2.29. The third kappa shape index (κ3) is 2.73. The molecule has 5 heteroatoms. The van der Waals surface area contributed by atoms with Crippen LogP contribution < -0.4 is 11.3 Å². The zero-order valence-corrected chi connectivity index (χ0v) is 10.6. The van der Waals surface area contributed by atoms with Crippen LogP contribution in [0, 0.1) is 0 Å². The molecule has 1 aliphatic rings.